The highest BCUT2D eigenvalue weighted by Crippen LogP contribution is 2.14. The summed E-state index contributed by atoms with van der Waals surface area (Å²) in [5.41, 5.74) is 0.306. The molecule has 0 fully saturated rings. The molecule has 0 aromatic heterocycles. The Kier molecular flexibility index (Phi) is 4.80. The van der Waals surface area contributed by atoms with Gasteiger partial charge in [0.1, 0.15) is 0 Å². The van der Waals surface area contributed by atoms with Crippen LogP contribution in [0.25, 0.3) is 0 Å². The smallest absolute Gasteiger partial charge is 0.194 e. The summed E-state index contributed by atoms with van der Waals surface area (Å²) in [5, 5.41) is 0. The van der Waals surface area contributed by atoms with Gasteiger partial charge in [0.15, 0.2) is 17.5 Å². The van der Waals surface area contributed by atoms with Crippen LogP contribution in [0.5, 0.6) is 0 Å². The van der Waals surface area contributed by atoms with E-state index in [4.69, 9.17) is 4.74 Å². The Labute approximate surface area is 93.2 Å². The van der Waals surface area contributed by atoms with E-state index in [1.165, 1.54) is 0 Å². The quantitative estimate of drug-likeness (QED) is 0.556. The third-order valence-electron chi connectivity index (χ3n) is 2.15. The average molecular weight is 232 g/mol. The highest BCUT2D eigenvalue weighted by Gasteiger charge is 2.10. The van der Waals surface area contributed by atoms with Crippen molar-refractivity contribution in [2.75, 3.05) is 6.61 Å². The molecule has 0 unspecified atom stereocenters. The summed E-state index contributed by atoms with van der Waals surface area (Å²) in [6, 6.07) is 1.90. The minimum absolute atomic E-state index is 0.0981. The lowest BCUT2D eigenvalue weighted by Crippen LogP contribution is -2.01. The Morgan fingerprint density at radius 2 is 1.69 bits per heavy atom. The number of hydrogen-bond acceptors (Lipinski definition) is 1. The van der Waals surface area contributed by atoms with Crippen molar-refractivity contribution in [2.24, 2.45) is 5.92 Å². The first-order valence-corrected chi connectivity index (χ1v) is 5.22. The monoisotopic (exact) mass is 232 g/mol. The van der Waals surface area contributed by atoms with E-state index in [1.54, 1.807) is 0 Å². The van der Waals surface area contributed by atoms with Crippen LogP contribution in [0, 0.1) is 23.4 Å². The number of ether oxygens (including phenoxy) is 1. The molecule has 0 bridgehead atoms. The number of halogens is 3. The zero-order valence-electron chi connectivity index (χ0n) is 9.40. The van der Waals surface area contributed by atoms with Crippen molar-refractivity contribution in [1.82, 2.24) is 0 Å². The van der Waals surface area contributed by atoms with E-state index in [0.29, 0.717) is 18.1 Å². The molecule has 0 saturated heterocycles. The van der Waals surface area contributed by atoms with E-state index in [0.717, 1.165) is 18.6 Å². The van der Waals surface area contributed by atoms with E-state index in [2.05, 4.69) is 13.8 Å². The van der Waals surface area contributed by atoms with Crippen LogP contribution in [0.15, 0.2) is 12.1 Å². The molecular formula is C12H15F3O. The highest BCUT2D eigenvalue weighted by atomic mass is 19.2. The molecule has 90 valence electrons. The molecule has 1 rings (SSSR count). The van der Waals surface area contributed by atoms with E-state index in [9.17, 15) is 13.2 Å². The van der Waals surface area contributed by atoms with Gasteiger partial charge in [0.2, 0.25) is 0 Å². The maximum Gasteiger partial charge on any atom is 0.194 e. The van der Waals surface area contributed by atoms with Gasteiger partial charge in [-0.05, 0) is 30.0 Å². The summed E-state index contributed by atoms with van der Waals surface area (Å²) in [6.07, 6.45) is 0.881. The number of hydrogen-bond donors (Lipinski definition) is 0. The van der Waals surface area contributed by atoms with E-state index in [1.807, 2.05) is 0 Å². The van der Waals surface area contributed by atoms with Gasteiger partial charge in [-0.3, -0.25) is 0 Å². The van der Waals surface area contributed by atoms with Crippen molar-refractivity contribution in [3.8, 4) is 0 Å². The molecular weight excluding hydrogens is 217 g/mol. The Bertz CT molecular complexity index is 327. The number of benzene rings is 1. The first-order chi connectivity index (χ1) is 7.50. The molecule has 1 aromatic carbocycles. The molecule has 16 heavy (non-hydrogen) atoms. The Morgan fingerprint density at radius 3 is 2.19 bits per heavy atom. The molecule has 0 aliphatic rings. The van der Waals surface area contributed by atoms with Gasteiger partial charge in [0.25, 0.3) is 0 Å². The zero-order valence-corrected chi connectivity index (χ0v) is 9.40. The van der Waals surface area contributed by atoms with Crippen LogP contribution in [0.3, 0.4) is 0 Å². The molecule has 4 heteroatoms. The Morgan fingerprint density at radius 1 is 1.12 bits per heavy atom. The molecule has 0 heterocycles. The minimum Gasteiger partial charge on any atom is -0.377 e. The molecule has 0 radical (unpaired) electrons. The molecule has 1 nitrogen and oxygen atoms in total. The molecule has 0 N–H and O–H groups in total. The third kappa shape index (κ3) is 3.85. The second-order valence-electron chi connectivity index (χ2n) is 4.11. The number of rotatable bonds is 5. The van der Waals surface area contributed by atoms with Crippen LogP contribution in [0.1, 0.15) is 25.8 Å². The normalized spacial score (nSPS) is 11.1. The summed E-state index contributed by atoms with van der Waals surface area (Å²) in [7, 11) is 0. The van der Waals surface area contributed by atoms with E-state index in [-0.39, 0.29) is 6.61 Å². The molecule has 0 spiro atoms. The van der Waals surface area contributed by atoms with Crippen LogP contribution >= 0.6 is 0 Å². The SMILES string of the molecule is CC(C)CCOCc1cc(F)c(F)c(F)c1. The van der Waals surface area contributed by atoms with Gasteiger partial charge < -0.3 is 4.74 Å². The molecule has 0 atom stereocenters. The van der Waals surface area contributed by atoms with Crippen LogP contribution in [0.2, 0.25) is 0 Å². The summed E-state index contributed by atoms with van der Waals surface area (Å²) < 4.78 is 43.5. The van der Waals surface area contributed by atoms with Gasteiger partial charge in [-0.2, -0.15) is 0 Å². The lowest BCUT2D eigenvalue weighted by Gasteiger charge is -2.07. The summed E-state index contributed by atoms with van der Waals surface area (Å²) in [5.74, 6) is -3.28. The summed E-state index contributed by atoms with van der Waals surface area (Å²) >= 11 is 0. The Balaban J connectivity index is 2.49. The van der Waals surface area contributed by atoms with Gasteiger partial charge in [-0.25, -0.2) is 13.2 Å². The maximum absolute atomic E-state index is 12.8. The third-order valence-corrected chi connectivity index (χ3v) is 2.15. The van der Waals surface area contributed by atoms with Crippen molar-refractivity contribution in [1.29, 1.82) is 0 Å². The maximum atomic E-state index is 12.8. The molecule has 0 aliphatic carbocycles. The van der Waals surface area contributed by atoms with Crippen LogP contribution in [-0.4, -0.2) is 6.61 Å². The molecule has 0 amide bonds. The minimum atomic E-state index is -1.44. The first kappa shape index (κ1) is 13.0. The predicted octanol–water partition coefficient (Wildman–Crippen LogP) is 3.67. The molecule has 0 aliphatic heterocycles. The van der Waals surface area contributed by atoms with Crippen molar-refractivity contribution >= 4 is 0 Å². The largest absolute Gasteiger partial charge is 0.377 e. The lowest BCUT2D eigenvalue weighted by atomic mass is 10.1. The lowest BCUT2D eigenvalue weighted by molar-refractivity contribution is 0.110. The van der Waals surface area contributed by atoms with E-state index < -0.39 is 17.5 Å². The fourth-order valence-corrected chi connectivity index (χ4v) is 1.20. The second-order valence-corrected chi connectivity index (χ2v) is 4.11. The summed E-state index contributed by atoms with van der Waals surface area (Å²) in [4.78, 5) is 0. The average Bonchev–Trinajstić information content (AvgIpc) is 2.20. The van der Waals surface area contributed by atoms with Crippen molar-refractivity contribution in [3.63, 3.8) is 0 Å². The fourth-order valence-electron chi connectivity index (χ4n) is 1.20. The molecule has 1 aromatic rings. The van der Waals surface area contributed by atoms with Gasteiger partial charge in [0, 0.05) is 6.61 Å². The van der Waals surface area contributed by atoms with Crippen molar-refractivity contribution in [2.45, 2.75) is 26.9 Å². The molecule has 0 saturated carbocycles. The fraction of sp³-hybridized carbons (Fsp3) is 0.500. The van der Waals surface area contributed by atoms with Crippen LogP contribution < -0.4 is 0 Å². The van der Waals surface area contributed by atoms with Gasteiger partial charge in [-0.1, -0.05) is 13.8 Å². The van der Waals surface area contributed by atoms with Gasteiger partial charge in [0.05, 0.1) is 6.61 Å². The van der Waals surface area contributed by atoms with Crippen molar-refractivity contribution < 1.29 is 17.9 Å². The standard InChI is InChI=1S/C12H15F3O/c1-8(2)3-4-16-7-9-5-10(13)12(15)11(14)6-9/h5-6,8H,3-4,7H2,1-2H3. The summed E-state index contributed by atoms with van der Waals surface area (Å²) in [6.45, 7) is 4.74. The highest BCUT2D eigenvalue weighted by molar-refractivity contribution is 5.18. The zero-order chi connectivity index (χ0) is 12.1. The van der Waals surface area contributed by atoms with E-state index >= 15 is 0 Å². The second kappa shape index (κ2) is 5.89. The predicted molar refractivity (Wildman–Crippen MR) is 55.4 cm³/mol. The van der Waals surface area contributed by atoms with Gasteiger partial charge >= 0.3 is 0 Å². The topological polar surface area (TPSA) is 9.23 Å². The van der Waals surface area contributed by atoms with Crippen molar-refractivity contribution in [3.05, 3.63) is 35.1 Å². The van der Waals surface area contributed by atoms with Gasteiger partial charge in [-0.15, -0.1) is 0 Å². The first-order valence-electron chi connectivity index (χ1n) is 5.22. The van der Waals surface area contributed by atoms with Crippen LogP contribution in [0.4, 0.5) is 13.2 Å². The Hall–Kier alpha value is -1.03. The van der Waals surface area contributed by atoms with Crippen LogP contribution in [-0.2, 0) is 11.3 Å².